The van der Waals surface area contributed by atoms with E-state index in [1.807, 2.05) is 13.8 Å². The monoisotopic (exact) mass is 336 g/mol. The number of hydrogen-bond acceptors (Lipinski definition) is 6. The van der Waals surface area contributed by atoms with Crippen LogP contribution >= 0.6 is 0 Å². The Morgan fingerprint density at radius 3 is 2.21 bits per heavy atom. The van der Waals surface area contributed by atoms with E-state index in [0.29, 0.717) is 24.0 Å². The zero-order chi connectivity index (χ0) is 18.4. The highest BCUT2D eigenvalue weighted by atomic mass is 16.6. The molecule has 8 heteroatoms. The first kappa shape index (κ1) is 19.4. The maximum atomic E-state index is 11.7. The molecular formula is C16H24N4O4. The van der Waals surface area contributed by atoms with Gasteiger partial charge in [0, 0.05) is 26.2 Å². The van der Waals surface area contributed by atoms with E-state index in [9.17, 15) is 20.2 Å². The molecule has 0 amide bonds. The van der Waals surface area contributed by atoms with E-state index in [-0.39, 0.29) is 23.1 Å². The van der Waals surface area contributed by atoms with Crippen molar-refractivity contribution in [1.29, 1.82) is 0 Å². The minimum absolute atomic E-state index is 0.0253. The first-order valence-corrected chi connectivity index (χ1v) is 7.80. The SMILES string of the molecule is CCC(CC)Nc1c([N+](=O)[O-])cc(C)c(/C=C/N(C)C)c1[N+](=O)[O-]. The molecule has 1 aromatic carbocycles. The van der Waals surface area contributed by atoms with Gasteiger partial charge in [-0.05, 0) is 37.6 Å². The average Bonchev–Trinajstić information content (AvgIpc) is 2.50. The molecule has 0 aliphatic heterocycles. The Hall–Kier alpha value is -2.64. The summed E-state index contributed by atoms with van der Waals surface area (Å²) in [6.07, 6.45) is 4.71. The molecule has 0 spiro atoms. The topological polar surface area (TPSA) is 102 Å². The van der Waals surface area contributed by atoms with Crippen LogP contribution in [0.4, 0.5) is 17.1 Å². The zero-order valence-corrected chi connectivity index (χ0v) is 14.7. The smallest absolute Gasteiger partial charge is 0.306 e. The van der Waals surface area contributed by atoms with Gasteiger partial charge in [0.2, 0.25) is 0 Å². The van der Waals surface area contributed by atoms with Gasteiger partial charge in [0.15, 0.2) is 5.69 Å². The molecule has 0 aliphatic carbocycles. The number of aryl methyl sites for hydroxylation is 1. The second-order valence-corrected chi connectivity index (χ2v) is 5.80. The van der Waals surface area contributed by atoms with Gasteiger partial charge in [-0.1, -0.05) is 13.8 Å². The Labute approximate surface area is 141 Å². The van der Waals surface area contributed by atoms with Crippen LogP contribution in [0.1, 0.15) is 37.8 Å². The van der Waals surface area contributed by atoms with Gasteiger partial charge in [0.1, 0.15) is 0 Å². The quantitative estimate of drug-likeness (QED) is 0.570. The van der Waals surface area contributed by atoms with E-state index in [4.69, 9.17) is 0 Å². The molecule has 0 saturated heterocycles. The van der Waals surface area contributed by atoms with Crippen LogP contribution in [0.2, 0.25) is 0 Å². The normalized spacial score (nSPS) is 11.1. The lowest BCUT2D eigenvalue weighted by molar-refractivity contribution is -0.392. The molecule has 0 heterocycles. The largest absolute Gasteiger partial charge is 0.383 e. The number of nitro benzene ring substituents is 2. The van der Waals surface area contributed by atoms with E-state index in [1.165, 1.54) is 6.07 Å². The molecular weight excluding hydrogens is 312 g/mol. The lowest BCUT2D eigenvalue weighted by Gasteiger charge is -2.18. The van der Waals surface area contributed by atoms with Gasteiger partial charge >= 0.3 is 5.69 Å². The third-order valence-electron chi connectivity index (χ3n) is 3.78. The first-order chi connectivity index (χ1) is 11.2. The van der Waals surface area contributed by atoms with Crippen LogP contribution in [0.3, 0.4) is 0 Å². The van der Waals surface area contributed by atoms with Crippen molar-refractivity contribution < 1.29 is 9.85 Å². The minimum atomic E-state index is -0.579. The molecule has 0 fully saturated rings. The van der Waals surface area contributed by atoms with Crippen LogP contribution in [0.25, 0.3) is 6.08 Å². The summed E-state index contributed by atoms with van der Waals surface area (Å²) in [7, 11) is 3.60. The number of rotatable bonds is 8. The molecule has 132 valence electrons. The summed E-state index contributed by atoms with van der Waals surface area (Å²) in [5.41, 5.74) is 0.303. The van der Waals surface area contributed by atoms with Crippen molar-refractivity contribution in [2.24, 2.45) is 0 Å². The second-order valence-electron chi connectivity index (χ2n) is 5.80. The molecule has 0 atom stereocenters. The third kappa shape index (κ3) is 4.43. The van der Waals surface area contributed by atoms with Crippen LogP contribution < -0.4 is 5.32 Å². The standard InChI is InChI=1S/C16H24N4O4/c1-6-12(7-2)17-15-14(19(21)22)10-11(3)13(8-9-18(4)5)16(15)20(23)24/h8-10,12,17H,6-7H2,1-5H3/b9-8+. The molecule has 8 nitrogen and oxygen atoms in total. The summed E-state index contributed by atoms with van der Waals surface area (Å²) in [5, 5.41) is 26.1. The van der Waals surface area contributed by atoms with Gasteiger partial charge in [0.05, 0.1) is 15.4 Å². The highest BCUT2D eigenvalue weighted by Gasteiger charge is 2.31. The molecule has 0 radical (unpaired) electrons. The van der Waals surface area contributed by atoms with Gasteiger partial charge in [-0.2, -0.15) is 0 Å². The van der Waals surface area contributed by atoms with Crippen molar-refractivity contribution in [3.8, 4) is 0 Å². The van der Waals surface area contributed by atoms with Crippen molar-refractivity contribution in [3.05, 3.63) is 43.6 Å². The Morgan fingerprint density at radius 2 is 1.79 bits per heavy atom. The van der Waals surface area contributed by atoms with Crippen molar-refractivity contribution in [2.45, 2.75) is 39.7 Å². The predicted octanol–water partition coefficient (Wildman–Crippen LogP) is 3.94. The summed E-state index contributed by atoms with van der Waals surface area (Å²) < 4.78 is 0. The van der Waals surface area contributed by atoms with E-state index < -0.39 is 9.85 Å². The molecule has 0 unspecified atom stereocenters. The number of nitrogens with zero attached hydrogens (tertiary/aromatic N) is 3. The fourth-order valence-corrected chi connectivity index (χ4v) is 2.40. The van der Waals surface area contributed by atoms with Crippen LogP contribution in [-0.2, 0) is 0 Å². The highest BCUT2D eigenvalue weighted by molar-refractivity contribution is 5.83. The summed E-state index contributed by atoms with van der Waals surface area (Å²) in [4.78, 5) is 23.7. The van der Waals surface area contributed by atoms with Crippen LogP contribution in [0, 0.1) is 27.2 Å². The first-order valence-electron chi connectivity index (χ1n) is 7.80. The molecule has 0 saturated carbocycles. The number of hydrogen-bond donors (Lipinski definition) is 1. The minimum Gasteiger partial charge on any atom is -0.383 e. The lowest BCUT2D eigenvalue weighted by Crippen LogP contribution is -2.19. The summed E-state index contributed by atoms with van der Waals surface area (Å²) in [6.45, 7) is 5.50. The van der Waals surface area contributed by atoms with Crippen molar-refractivity contribution in [1.82, 2.24) is 4.90 Å². The zero-order valence-electron chi connectivity index (χ0n) is 14.7. The Kier molecular flexibility index (Phi) is 6.69. The van der Waals surface area contributed by atoms with Gasteiger partial charge in [-0.25, -0.2) is 0 Å². The molecule has 0 aromatic heterocycles. The number of anilines is 1. The summed E-state index contributed by atoms with van der Waals surface area (Å²) in [5.74, 6) is 0. The van der Waals surface area contributed by atoms with Crippen LogP contribution in [0.5, 0.6) is 0 Å². The van der Waals surface area contributed by atoms with Gasteiger partial charge in [-0.3, -0.25) is 20.2 Å². The summed E-state index contributed by atoms with van der Waals surface area (Å²) in [6, 6.07) is 1.31. The number of nitrogens with one attached hydrogen (secondary N) is 1. The molecule has 0 aliphatic rings. The van der Waals surface area contributed by atoms with Gasteiger partial charge in [-0.15, -0.1) is 0 Å². The van der Waals surface area contributed by atoms with E-state index >= 15 is 0 Å². The van der Waals surface area contributed by atoms with E-state index in [2.05, 4.69) is 5.32 Å². The maximum absolute atomic E-state index is 11.7. The molecule has 1 aromatic rings. The Morgan fingerprint density at radius 1 is 1.21 bits per heavy atom. The Bertz CT molecular complexity index is 652. The van der Waals surface area contributed by atoms with Crippen molar-refractivity contribution >= 4 is 23.1 Å². The lowest BCUT2D eigenvalue weighted by atomic mass is 10.0. The third-order valence-corrected chi connectivity index (χ3v) is 3.78. The molecule has 0 bridgehead atoms. The highest BCUT2D eigenvalue weighted by Crippen LogP contribution is 2.40. The fourth-order valence-electron chi connectivity index (χ4n) is 2.40. The van der Waals surface area contributed by atoms with E-state index in [1.54, 1.807) is 38.2 Å². The molecule has 1 N–H and O–H groups in total. The molecule has 24 heavy (non-hydrogen) atoms. The Balaban J connectivity index is 3.69. The number of benzene rings is 1. The molecule has 1 rings (SSSR count). The van der Waals surface area contributed by atoms with Crippen molar-refractivity contribution in [3.63, 3.8) is 0 Å². The van der Waals surface area contributed by atoms with Gasteiger partial charge in [0.25, 0.3) is 5.69 Å². The predicted molar refractivity (Wildman–Crippen MR) is 95.2 cm³/mol. The van der Waals surface area contributed by atoms with E-state index in [0.717, 1.165) is 0 Å². The fraction of sp³-hybridized carbons (Fsp3) is 0.500. The second kappa shape index (κ2) is 8.28. The van der Waals surface area contributed by atoms with Gasteiger partial charge < -0.3 is 10.2 Å². The van der Waals surface area contributed by atoms with Crippen LogP contribution in [-0.4, -0.2) is 34.9 Å². The van der Waals surface area contributed by atoms with Crippen molar-refractivity contribution in [2.75, 3.05) is 19.4 Å². The maximum Gasteiger partial charge on any atom is 0.306 e. The average molecular weight is 336 g/mol. The summed E-state index contributed by atoms with van der Waals surface area (Å²) >= 11 is 0. The van der Waals surface area contributed by atoms with Crippen LogP contribution in [0.15, 0.2) is 12.3 Å². The number of nitro groups is 2.